The van der Waals surface area contributed by atoms with Crippen LogP contribution in [0, 0.1) is 0 Å². The monoisotopic (exact) mass is 539 g/mol. The maximum absolute atomic E-state index is 12.2. The van der Waals surface area contributed by atoms with Crippen LogP contribution in [0.4, 0.5) is 13.2 Å². The molecular weight excluding hydrogens is 514 g/mol. The molecule has 3 rings (SSSR count). The Kier molecular flexibility index (Phi) is 8.77. The van der Waals surface area contributed by atoms with Crippen molar-refractivity contribution in [3.8, 4) is 5.75 Å². The highest BCUT2D eigenvalue weighted by atomic mass is 127. The van der Waals surface area contributed by atoms with E-state index in [-0.39, 0.29) is 35.8 Å². The zero-order valence-electron chi connectivity index (χ0n) is 16.7. The molecule has 0 amide bonds. The molecule has 0 spiro atoms. The van der Waals surface area contributed by atoms with Crippen molar-refractivity contribution >= 4 is 29.9 Å². The molecule has 1 aromatic carbocycles. The van der Waals surface area contributed by atoms with Crippen LogP contribution < -0.4 is 10.1 Å². The highest BCUT2D eigenvalue weighted by Crippen LogP contribution is 2.22. The number of morpholine rings is 1. The van der Waals surface area contributed by atoms with Crippen molar-refractivity contribution in [2.45, 2.75) is 18.8 Å². The van der Waals surface area contributed by atoms with Gasteiger partial charge in [0.15, 0.2) is 12.6 Å². The van der Waals surface area contributed by atoms with Crippen molar-refractivity contribution < 1.29 is 22.6 Å². The predicted molar refractivity (Wildman–Crippen MR) is 117 cm³/mol. The summed E-state index contributed by atoms with van der Waals surface area (Å²) in [5.41, 5.74) is 1.92. The lowest BCUT2D eigenvalue weighted by Gasteiger charge is -2.34. The first-order chi connectivity index (χ1) is 13.8. The fourth-order valence-corrected chi connectivity index (χ4v) is 3.03. The molecule has 1 fully saturated rings. The molecule has 1 N–H and O–H groups in total. The maximum Gasteiger partial charge on any atom is 0.422 e. The molecule has 0 aliphatic carbocycles. The molecule has 1 saturated heterocycles. The highest BCUT2D eigenvalue weighted by molar-refractivity contribution is 14.0. The van der Waals surface area contributed by atoms with E-state index in [0.717, 1.165) is 17.1 Å². The van der Waals surface area contributed by atoms with Gasteiger partial charge in [0.1, 0.15) is 11.9 Å². The van der Waals surface area contributed by atoms with Gasteiger partial charge in [-0.25, -0.2) is 0 Å². The van der Waals surface area contributed by atoms with Crippen molar-refractivity contribution in [2.75, 3.05) is 33.4 Å². The van der Waals surface area contributed by atoms with Gasteiger partial charge in [-0.3, -0.25) is 9.67 Å². The largest absolute Gasteiger partial charge is 0.484 e. The van der Waals surface area contributed by atoms with E-state index < -0.39 is 12.8 Å². The third-order valence-corrected chi connectivity index (χ3v) is 4.45. The maximum atomic E-state index is 12.2. The summed E-state index contributed by atoms with van der Waals surface area (Å²) in [6.45, 7) is 1.12. The Morgan fingerprint density at radius 2 is 2.07 bits per heavy atom. The second-order valence-electron chi connectivity index (χ2n) is 6.70. The van der Waals surface area contributed by atoms with Gasteiger partial charge in [0.2, 0.25) is 0 Å². The Bertz CT molecular complexity index is 826. The minimum absolute atomic E-state index is 0. The smallest absolute Gasteiger partial charge is 0.422 e. The van der Waals surface area contributed by atoms with Crippen LogP contribution in [-0.4, -0.2) is 60.2 Å². The number of benzene rings is 1. The van der Waals surface area contributed by atoms with Crippen LogP contribution >= 0.6 is 24.0 Å². The molecule has 1 atom stereocenters. The van der Waals surface area contributed by atoms with Crippen molar-refractivity contribution in [3.05, 3.63) is 47.8 Å². The molecule has 2 heterocycles. The fraction of sp³-hybridized carbons (Fsp3) is 0.474. The lowest BCUT2D eigenvalue weighted by molar-refractivity contribution is -0.153. The van der Waals surface area contributed by atoms with E-state index in [0.29, 0.717) is 26.2 Å². The van der Waals surface area contributed by atoms with E-state index >= 15 is 0 Å². The average Bonchev–Trinajstić information content (AvgIpc) is 3.14. The second kappa shape index (κ2) is 10.8. The summed E-state index contributed by atoms with van der Waals surface area (Å²) < 4.78 is 49.0. The fourth-order valence-electron chi connectivity index (χ4n) is 3.03. The molecule has 7 nitrogen and oxygen atoms in total. The first-order valence-electron chi connectivity index (χ1n) is 9.18. The third kappa shape index (κ3) is 7.04. The van der Waals surface area contributed by atoms with Crippen LogP contribution in [0.2, 0.25) is 0 Å². The summed E-state index contributed by atoms with van der Waals surface area (Å²) in [6.07, 6.45) is -0.695. The molecule has 1 aliphatic rings. The molecule has 0 radical (unpaired) electrons. The number of aliphatic imine (C=N–C) groups is 1. The van der Waals surface area contributed by atoms with Crippen molar-refractivity contribution in [2.24, 2.45) is 12.0 Å². The number of nitrogens with zero attached hydrogens (tertiary/aromatic N) is 4. The number of ether oxygens (including phenoxy) is 2. The summed E-state index contributed by atoms with van der Waals surface area (Å²) in [5.74, 6) is 0.919. The van der Waals surface area contributed by atoms with Crippen LogP contribution in [0.1, 0.15) is 17.2 Å². The first kappa shape index (κ1) is 24.3. The van der Waals surface area contributed by atoms with Crippen molar-refractivity contribution in [1.82, 2.24) is 20.0 Å². The van der Waals surface area contributed by atoms with E-state index in [1.807, 2.05) is 13.2 Å². The van der Waals surface area contributed by atoms with Crippen molar-refractivity contribution in [1.29, 1.82) is 0 Å². The van der Waals surface area contributed by atoms with Gasteiger partial charge in [-0.05, 0) is 17.7 Å². The lowest BCUT2D eigenvalue weighted by atomic mass is 10.1. The van der Waals surface area contributed by atoms with Crippen LogP contribution in [0.3, 0.4) is 0 Å². The van der Waals surface area contributed by atoms with Gasteiger partial charge in [0, 0.05) is 38.9 Å². The Labute approximate surface area is 190 Å². The summed E-state index contributed by atoms with van der Waals surface area (Å²) in [5, 5.41) is 7.48. The van der Waals surface area contributed by atoms with E-state index in [1.165, 1.54) is 12.1 Å². The number of aryl methyl sites for hydroxylation is 1. The topological polar surface area (TPSA) is 63.9 Å². The minimum atomic E-state index is -4.35. The van der Waals surface area contributed by atoms with Gasteiger partial charge in [-0.1, -0.05) is 12.1 Å². The Balaban J connectivity index is 0.00000320. The first-order valence-corrected chi connectivity index (χ1v) is 9.18. The summed E-state index contributed by atoms with van der Waals surface area (Å²) in [6, 6.07) is 6.50. The quantitative estimate of drug-likeness (QED) is 0.360. The lowest BCUT2D eigenvalue weighted by Crippen LogP contribution is -2.47. The number of rotatable bonds is 5. The number of aromatic nitrogens is 2. The number of nitrogens with one attached hydrogen (secondary N) is 1. The molecule has 2 aromatic rings. The average molecular weight is 539 g/mol. The van der Waals surface area contributed by atoms with E-state index in [1.54, 1.807) is 30.1 Å². The summed E-state index contributed by atoms with van der Waals surface area (Å²) in [4.78, 5) is 6.45. The van der Waals surface area contributed by atoms with Crippen LogP contribution in [0.5, 0.6) is 5.75 Å². The van der Waals surface area contributed by atoms with Gasteiger partial charge >= 0.3 is 6.18 Å². The standard InChI is InChI=1S/C19H24F3N5O2.HI/c1-23-18(27-7-8-28-17(12-27)15-10-25-26(2)11-15)24-9-14-3-5-16(6-4-14)29-13-19(20,21)22;/h3-6,10-11,17H,7-9,12-13H2,1-2H3,(H,23,24);1H. The van der Waals surface area contributed by atoms with Gasteiger partial charge in [-0.15, -0.1) is 24.0 Å². The second-order valence-corrected chi connectivity index (χ2v) is 6.70. The molecule has 30 heavy (non-hydrogen) atoms. The Morgan fingerprint density at radius 1 is 1.33 bits per heavy atom. The molecular formula is C19H25F3IN5O2. The van der Waals surface area contributed by atoms with Crippen molar-refractivity contribution in [3.63, 3.8) is 0 Å². The molecule has 11 heteroatoms. The number of guanidine groups is 1. The molecule has 1 aromatic heterocycles. The third-order valence-electron chi connectivity index (χ3n) is 4.45. The molecule has 1 unspecified atom stereocenters. The Morgan fingerprint density at radius 3 is 2.67 bits per heavy atom. The molecule has 0 bridgehead atoms. The number of hydrogen-bond acceptors (Lipinski definition) is 4. The normalized spacial score (nSPS) is 17.4. The SMILES string of the molecule is CN=C(NCc1ccc(OCC(F)(F)F)cc1)N1CCOC(c2cnn(C)c2)C1.I. The van der Waals surface area contributed by atoms with E-state index in [9.17, 15) is 13.2 Å². The minimum Gasteiger partial charge on any atom is -0.484 e. The predicted octanol–water partition coefficient (Wildman–Crippen LogP) is 3.13. The van der Waals surface area contributed by atoms with E-state index in [4.69, 9.17) is 9.47 Å². The van der Waals surface area contributed by atoms with Gasteiger partial charge < -0.3 is 19.7 Å². The van der Waals surface area contributed by atoms with E-state index in [2.05, 4.69) is 20.3 Å². The molecule has 0 saturated carbocycles. The van der Waals surface area contributed by atoms with Crippen LogP contribution in [-0.2, 0) is 18.3 Å². The van der Waals surface area contributed by atoms with Gasteiger partial charge in [0.25, 0.3) is 0 Å². The number of hydrogen-bond donors (Lipinski definition) is 1. The molecule has 166 valence electrons. The highest BCUT2D eigenvalue weighted by Gasteiger charge is 2.28. The number of halogens is 4. The number of alkyl halides is 3. The zero-order valence-corrected chi connectivity index (χ0v) is 19.1. The van der Waals surface area contributed by atoms with Crippen LogP contribution in [0.25, 0.3) is 0 Å². The Hall–Kier alpha value is -2.02. The van der Waals surface area contributed by atoms with Crippen LogP contribution in [0.15, 0.2) is 41.7 Å². The van der Waals surface area contributed by atoms with Gasteiger partial charge in [0.05, 0.1) is 19.3 Å². The zero-order chi connectivity index (χ0) is 20.9. The van der Waals surface area contributed by atoms with Gasteiger partial charge in [-0.2, -0.15) is 18.3 Å². The summed E-state index contributed by atoms with van der Waals surface area (Å²) >= 11 is 0. The summed E-state index contributed by atoms with van der Waals surface area (Å²) in [7, 11) is 3.58. The molecule has 1 aliphatic heterocycles.